The predicted molar refractivity (Wildman–Crippen MR) is 80.7 cm³/mol. The van der Waals surface area contributed by atoms with E-state index in [1.165, 1.54) is 0 Å². The number of aryl methyl sites for hydroxylation is 1. The fourth-order valence-electron chi connectivity index (χ4n) is 2.10. The first kappa shape index (κ1) is 15.7. The maximum Gasteiger partial charge on any atom is 0.249 e. The summed E-state index contributed by atoms with van der Waals surface area (Å²) in [4.78, 5) is 0. The normalized spacial score (nSPS) is 11.7. The molecule has 114 valence electrons. The van der Waals surface area contributed by atoms with Crippen LogP contribution in [0.15, 0.2) is 35.5 Å². The summed E-state index contributed by atoms with van der Waals surface area (Å²) >= 11 is 0. The first-order chi connectivity index (χ1) is 10.1. The zero-order valence-corrected chi connectivity index (χ0v) is 12.9. The lowest BCUT2D eigenvalue weighted by Crippen LogP contribution is -2.17. The molecule has 0 unspecified atom stereocenters. The predicted octanol–water partition coefficient (Wildman–Crippen LogP) is 0.816. The van der Waals surface area contributed by atoms with Crippen molar-refractivity contribution >= 4 is 9.84 Å². The molecule has 2 N–H and O–H groups in total. The minimum absolute atomic E-state index is 0.0130. The van der Waals surface area contributed by atoms with Gasteiger partial charge in [-0.3, -0.25) is 0 Å². The SMILES string of the molecule is CCS(=O)(=O)c1nnc(CCN)n1CCc1ccccc1. The third-order valence-electron chi connectivity index (χ3n) is 3.29. The molecule has 6 nitrogen and oxygen atoms in total. The van der Waals surface area contributed by atoms with Gasteiger partial charge in [-0.05, 0) is 18.5 Å². The van der Waals surface area contributed by atoms with E-state index in [1.54, 1.807) is 11.5 Å². The van der Waals surface area contributed by atoms with Crippen LogP contribution in [0, 0.1) is 0 Å². The highest BCUT2D eigenvalue weighted by Crippen LogP contribution is 2.13. The van der Waals surface area contributed by atoms with Crippen LogP contribution in [0.5, 0.6) is 0 Å². The summed E-state index contributed by atoms with van der Waals surface area (Å²) in [6.45, 7) is 2.55. The molecule has 2 rings (SSSR count). The number of benzene rings is 1. The van der Waals surface area contributed by atoms with Crippen LogP contribution in [-0.4, -0.2) is 35.5 Å². The number of sulfone groups is 1. The molecule has 2 aromatic rings. The lowest BCUT2D eigenvalue weighted by atomic mass is 10.1. The van der Waals surface area contributed by atoms with E-state index < -0.39 is 9.84 Å². The molecule has 0 aliphatic heterocycles. The van der Waals surface area contributed by atoms with Gasteiger partial charge in [0.25, 0.3) is 0 Å². The minimum Gasteiger partial charge on any atom is -0.330 e. The fraction of sp³-hybridized carbons (Fsp3) is 0.429. The van der Waals surface area contributed by atoms with Gasteiger partial charge in [-0.15, -0.1) is 10.2 Å². The monoisotopic (exact) mass is 308 g/mol. The van der Waals surface area contributed by atoms with Gasteiger partial charge >= 0.3 is 0 Å². The van der Waals surface area contributed by atoms with E-state index in [9.17, 15) is 8.42 Å². The minimum atomic E-state index is -3.38. The van der Waals surface area contributed by atoms with Crippen LogP contribution >= 0.6 is 0 Å². The van der Waals surface area contributed by atoms with E-state index in [4.69, 9.17) is 5.73 Å². The summed E-state index contributed by atoms with van der Waals surface area (Å²) in [6.07, 6.45) is 1.24. The molecule has 0 bridgehead atoms. The van der Waals surface area contributed by atoms with Crippen LogP contribution < -0.4 is 5.73 Å². The van der Waals surface area contributed by atoms with E-state index in [0.717, 1.165) is 12.0 Å². The third-order valence-corrected chi connectivity index (χ3v) is 4.90. The van der Waals surface area contributed by atoms with Crippen LogP contribution in [0.25, 0.3) is 0 Å². The Balaban J connectivity index is 2.29. The molecule has 0 radical (unpaired) electrons. The fourth-order valence-corrected chi connectivity index (χ4v) is 3.06. The lowest BCUT2D eigenvalue weighted by Gasteiger charge is -2.10. The Morgan fingerprint density at radius 3 is 2.48 bits per heavy atom. The van der Waals surface area contributed by atoms with Gasteiger partial charge in [0.15, 0.2) is 0 Å². The number of hydrogen-bond acceptors (Lipinski definition) is 5. The maximum absolute atomic E-state index is 12.1. The third kappa shape index (κ3) is 3.68. The van der Waals surface area contributed by atoms with Crippen LogP contribution in [-0.2, 0) is 29.2 Å². The molecule has 0 fully saturated rings. The van der Waals surface area contributed by atoms with Crippen molar-refractivity contribution in [3.8, 4) is 0 Å². The summed E-state index contributed by atoms with van der Waals surface area (Å²) in [5, 5.41) is 7.89. The highest BCUT2D eigenvalue weighted by atomic mass is 32.2. The average molecular weight is 308 g/mol. The van der Waals surface area contributed by atoms with Gasteiger partial charge < -0.3 is 10.3 Å². The maximum atomic E-state index is 12.1. The Morgan fingerprint density at radius 2 is 1.86 bits per heavy atom. The van der Waals surface area contributed by atoms with Crippen molar-refractivity contribution < 1.29 is 8.42 Å². The molecule has 0 amide bonds. The second-order valence-electron chi connectivity index (χ2n) is 4.73. The van der Waals surface area contributed by atoms with Gasteiger partial charge in [0.2, 0.25) is 15.0 Å². The summed E-state index contributed by atoms with van der Waals surface area (Å²) in [5.74, 6) is 0.638. The first-order valence-corrected chi connectivity index (χ1v) is 8.62. The highest BCUT2D eigenvalue weighted by Gasteiger charge is 2.22. The van der Waals surface area contributed by atoms with Crippen molar-refractivity contribution in [1.29, 1.82) is 0 Å². The van der Waals surface area contributed by atoms with Crippen molar-refractivity contribution in [2.75, 3.05) is 12.3 Å². The van der Waals surface area contributed by atoms with Gasteiger partial charge in [0, 0.05) is 13.0 Å². The Bertz CT molecular complexity index is 680. The number of hydrogen-bond donors (Lipinski definition) is 1. The number of nitrogens with two attached hydrogens (primary N) is 1. The molecule has 0 atom stereocenters. The van der Waals surface area contributed by atoms with E-state index in [2.05, 4.69) is 10.2 Å². The standard InChI is InChI=1S/C14H20N4O2S/c1-2-21(19,20)14-17-16-13(8-10-15)18(14)11-9-12-6-4-3-5-7-12/h3-7H,2,8-11,15H2,1H3. The van der Waals surface area contributed by atoms with Crippen LogP contribution in [0.1, 0.15) is 18.3 Å². The Labute approximate surface area is 124 Å². The number of rotatable bonds is 7. The van der Waals surface area contributed by atoms with Crippen LogP contribution in [0.2, 0.25) is 0 Å². The zero-order chi connectivity index (χ0) is 15.3. The largest absolute Gasteiger partial charge is 0.330 e. The molecule has 0 aliphatic rings. The molecule has 0 aliphatic carbocycles. The Kier molecular flexibility index (Phi) is 5.08. The summed E-state index contributed by atoms with van der Waals surface area (Å²) in [7, 11) is -3.38. The van der Waals surface area contributed by atoms with Crippen molar-refractivity contribution in [3.63, 3.8) is 0 Å². The highest BCUT2D eigenvalue weighted by molar-refractivity contribution is 7.91. The Hall–Kier alpha value is -1.73. The van der Waals surface area contributed by atoms with Crippen molar-refractivity contribution in [1.82, 2.24) is 14.8 Å². The van der Waals surface area contributed by atoms with E-state index in [-0.39, 0.29) is 10.9 Å². The molecule has 0 spiro atoms. The van der Waals surface area contributed by atoms with Gasteiger partial charge in [-0.2, -0.15) is 0 Å². The molecule has 0 saturated carbocycles. The topological polar surface area (TPSA) is 90.9 Å². The summed E-state index contributed by atoms with van der Waals surface area (Å²) in [5.41, 5.74) is 6.70. The quantitative estimate of drug-likeness (QED) is 0.817. The molecule has 1 heterocycles. The smallest absolute Gasteiger partial charge is 0.249 e. The van der Waals surface area contributed by atoms with Crippen LogP contribution in [0.4, 0.5) is 0 Å². The van der Waals surface area contributed by atoms with Gasteiger partial charge in [0.1, 0.15) is 5.82 Å². The molecular weight excluding hydrogens is 288 g/mol. The van der Waals surface area contributed by atoms with Crippen molar-refractivity contribution in [2.24, 2.45) is 5.73 Å². The second kappa shape index (κ2) is 6.82. The first-order valence-electron chi connectivity index (χ1n) is 6.97. The van der Waals surface area contributed by atoms with Gasteiger partial charge in [-0.1, -0.05) is 37.3 Å². The average Bonchev–Trinajstić information content (AvgIpc) is 2.90. The molecule has 1 aromatic carbocycles. The zero-order valence-electron chi connectivity index (χ0n) is 12.1. The lowest BCUT2D eigenvalue weighted by molar-refractivity contribution is 0.551. The van der Waals surface area contributed by atoms with E-state index in [1.807, 2.05) is 30.3 Å². The van der Waals surface area contributed by atoms with Gasteiger partial charge in [-0.25, -0.2) is 8.42 Å². The summed E-state index contributed by atoms with van der Waals surface area (Å²) in [6, 6.07) is 9.91. The van der Waals surface area contributed by atoms with Crippen molar-refractivity contribution in [2.45, 2.75) is 31.5 Å². The number of nitrogens with zero attached hydrogens (tertiary/aromatic N) is 3. The van der Waals surface area contributed by atoms with Crippen molar-refractivity contribution in [3.05, 3.63) is 41.7 Å². The molecule has 21 heavy (non-hydrogen) atoms. The molecule has 1 aromatic heterocycles. The van der Waals surface area contributed by atoms with E-state index >= 15 is 0 Å². The molecular formula is C14H20N4O2S. The summed E-state index contributed by atoms with van der Waals surface area (Å²) < 4.78 is 25.9. The van der Waals surface area contributed by atoms with E-state index in [0.29, 0.717) is 25.3 Å². The second-order valence-corrected chi connectivity index (χ2v) is 6.90. The Morgan fingerprint density at radius 1 is 1.14 bits per heavy atom. The van der Waals surface area contributed by atoms with Crippen LogP contribution in [0.3, 0.4) is 0 Å². The number of aromatic nitrogens is 3. The molecule has 0 saturated heterocycles. The van der Waals surface area contributed by atoms with Gasteiger partial charge in [0.05, 0.1) is 5.75 Å². The molecule has 7 heteroatoms.